The fraction of sp³-hybridized carbons (Fsp3) is 0.692. The average Bonchev–Trinajstić information content (AvgIpc) is 3.23. The molecule has 1 aliphatic carbocycles. The number of nitrogens with one attached hydrogen (secondary N) is 1. The van der Waals surface area contributed by atoms with E-state index in [1.165, 1.54) is 38.6 Å². The largest absolute Gasteiger partial charge is 0.351 e. The molecule has 1 aliphatic heterocycles. The maximum absolute atomic E-state index is 4.44. The van der Waals surface area contributed by atoms with Gasteiger partial charge in [-0.2, -0.15) is 0 Å². The fourth-order valence-electron chi connectivity index (χ4n) is 2.57. The molecule has 1 unspecified atom stereocenters. The Morgan fingerprint density at radius 3 is 2.82 bits per heavy atom. The molecule has 4 heteroatoms. The first-order valence-electron chi connectivity index (χ1n) is 6.69. The van der Waals surface area contributed by atoms with Gasteiger partial charge in [0.2, 0.25) is 0 Å². The third-order valence-electron chi connectivity index (χ3n) is 3.66. The molecule has 2 aliphatic rings. The molecule has 17 heavy (non-hydrogen) atoms. The molecule has 92 valence electrons. The van der Waals surface area contributed by atoms with Crippen molar-refractivity contribution in [2.75, 3.05) is 18.0 Å². The lowest BCUT2D eigenvalue weighted by molar-refractivity contribution is 0.397. The summed E-state index contributed by atoms with van der Waals surface area (Å²) in [5.41, 5.74) is 0. The Hall–Kier alpha value is -1.16. The summed E-state index contributed by atoms with van der Waals surface area (Å²) in [5, 5.41) is 3.61. The summed E-state index contributed by atoms with van der Waals surface area (Å²) in [6, 6.07) is 1.33. The van der Waals surface area contributed by atoms with Crippen LogP contribution in [0.2, 0.25) is 0 Å². The van der Waals surface area contributed by atoms with Crippen molar-refractivity contribution in [2.24, 2.45) is 0 Å². The molecule has 4 nitrogen and oxygen atoms in total. The Kier molecular flexibility index (Phi) is 3.22. The molecule has 3 rings (SSSR count). The zero-order valence-electron chi connectivity index (χ0n) is 10.2. The predicted molar refractivity (Wildman–Crippen MR) is 68.0 cm³/mol. The minimum absolute atomic E-state index is 0.631. The highest BCUT2D eigenvalue weighted by Gasteiger charge is 2.31. The first-order chi connectivity index (χ1) is 8.43. The molecule has 1 aromatic rings. The molecule has 2 fully saturated rings. The minimum atomic E-state index is 0.631. The van der Waals surface area contributed by atoms with E-state index in [-0.39, 0.29) is 0 Å². The Labute approximate surface area is 102 Å². The van der Waals surface area contributed by atoms with Crippen molar-refractivity contribution < 1.29 is 0 Å². The minimum Gasteiger partial charge on any atom is -0.351 e. The topological polar surface area (TPSA) is 41.1 Å². The van der Waals surface area contributed by atoms with Gasteiger partial charge >= 0.3 is 0 Å². The van der Waals surface area contributed by atoms with Crippen molar-refractivity contribution in [2.45, 2.75) is 44.2 Å². The molecular formula is C13H20N4. The Bertz CT molecular complexity index is 344. The van der Waals surface area contributed by atoms with Crippen LogP contribution in [-0.2, 0) is 0 Å². The number of hydrogen-bond donors (Lipinski definition) is 1. The Morgan fingerprint density at radius 1 is 1.24 bits per heavy atom. The van der Waals surface area contributed by atoms with E-state index in [1.807, 2.05) is 6.20 Å². The highest BCUT2D eigenvalue weighted by atomic mass is 15.3. The van der Waals surface area contributed by atoms with E-state index in [4.69, 9.17) is 0 Å². The second kappa shape index (κ2) is 5.00. The summed E-state index contributed by atoms with van der Waals surface area (Å²) in [4.78, 5) is 11.1. The molecule has 0 aromatic carbocycles. The van der Waals surface area contributed by atoms with Crippen LogP contribution in [-0.4, -0.2) is 35.1 Å². The van der Waals surface area contributed by atoms with E-state index >= 15 is 0 Å². The van der Waals surface area contributed by atoms with Crippen LogP contribution < -0.4 is 10.2 Å². The number of nitrogens with zero attached hydrogens (tertiary/aromatic N) is 3. The van der Waals surface area contributed by atoms with E-state index in [1.54, 1.807) is 12.4 Å². The highest BCUT2D eigenvalue weighted by molar-refractivity contribution is 5.39. The summed E-state index contributed by atoms with van der Waals surface area (Å²) < 4.78 is 0. The van der Waals surface area contributed by atoms with Crippen LogP contribution in [0.15, 0.2) is 18.6 Å². The van der Waals surface area contributed by atoms with Crippen molar-refractivity contribution in [1.29, 1.82) is 0 Å². The van der Waals surface area contributed by atoms with E-state index < -0.39 is 0 Å². The number of hydrogen-bond acceptors (Lipinski definition) is 4. The van der Waals surface area contributed by atoms with Gasteiger partial charge in [-0.25, -0.2) is 4.98 Å². The van der Waals surface area contributed by atoms with E-state index in [0.29, 0.717) is 12.1 Å². The van der Waals surface area contributed by atoms with E-state index in [9.17, 15) is 0 Å². The predicted octanol–water partition coefficient (Wildman–Crippen LogP) is 1.59. The van der Waals surface area contributed by atoms with Gasteiger partial charge in [0.25, 0.3) is 0 Å². The number of piperidine rings is 1. The summed E-state index contributed by atoms with van der Waals surface area (Å²) in [6.45, 7) is 2.26. The molecule has 0 bridgehead atoms. The molecular weight excluding hydrogens is 212 g/mol. The van der Waals surface area contributed by atoms with Crippen molar-refractivity contribution in [3.8, 4) is 0 Å². The summed E-state index contributed by atoms with van der Waals surface area (Å²) in [7, 11) is 0. The van der Waals surface area contributed by atoms with Crippen LogP contribution in [0, 0.1) is 0 Å². The number of rotatable bonds is 4. The summed E-state index contributed by atoms with van der Waals surface area (Å²) in [5.74, 6) is 1.04. The lowest BCUT2D eigenvalue weighted by Crippen LogP contribution is -2.44. The van der Waals surface area contributed by atoms with Gasteiger partial charge in [-0.3, -0.25) is 4.98 Å². The van der Waals surface area contributed by atoms with Crippen LogP contribution in [0.1, 0.15) is 32.1 Å². The van der Waals surface area contributed by atoms with Gasteiger partial charge in [0, 0.05) is 31.0 Å². The molecule has 1 N–H and O–H groups in total. The van der Waals surface area contributed by atoms with Gasteiger partial charge < -0.3 is 10.2 Å². The molecule has 0 amide bonds. The molecule has 0 radical (unpaired) electrons. The van der Waals surface area contributed by atoms with Gasteiger partial charge in [0.05, 0.1) is 6.20 Å². The molecule has 0 spiro atoms. The van der Waals surface area contributed by atoms with Gasteiger partial charge in [-0.1, -0.05) is 6.42 Å². The first-order valence-corrected chi connectivity index (χ1v) is 6.69. The van der Waals surface area contributed by atoms with Gasteiger partial charge in [-0.15, -0.1) is 0 Å². The Balaban J connectivity index is 1.67. The quantitative estimate of drug-likeness (QED) is 0.856. The zero-order chi connectivity index (χ0) is 11.5. The maximum Gasteiger partial charge on any atom is 0.147 e. The number of aromatic nitrogens is 2. The summed E-state index contributed by atoms with van der Waals surface area (Å²) in [6.07, 6.45) is 12.0. The van der Waals surface area contributed by atoms with Crippen LogP contribution >= 0.6 is 0 Å². The van der Waals surface area contributed by atoms with Crippen molar-refractivity contribution in [3.63, 3.8) is 0 Å². The summed E-state index contributed by atoms with van der Waals surface area (Å²) >= 11 is 0. The van der Waals surface area contributed by atoms with E-state index in [2.05, 4.69) is 20.2 Å². The van der Waals surface area contributed by atoms with Crippen LogP contribution in [0.5, 0.6) is 0 Å². The second-order valence-corrected chi connectivity index (χ2v) is 5.09. The smallest absolute Gasteiger partial charge is 0.147 e. The van der Waals surface area contributed by atoms with Crippen molar-refractivity contribution >= 4 is 5.82 Å². The van der Waals surface area contributed by atoms with Gasteiger partial charge in [0.15, 0.2) is 0 Å². The number of anilines is 1. The zero-order valence-corrected chi connectivity index (χ0v) is 10.2. The first kappa shape index (κ1) is 11.0. The van der Waals surface area contributed by atoms with E-state index in [0.717, 1.165) is 12.4 Å². The van der Waals surface area contributed by atoms with Crippen molar-refractivity contribution in [1.82, 2.24) is 15.3 Å². The van der Waals surface area contributed by atoms with Crippen LogP contribution in [0.25, 0.3) is 0 Å². The molecule has 1 saturated carbocycles. The SMILES string of the molecule is c1cnc(N(CC2CCCCN2)C2CC2)cn1. The van der Waals surface area contributed by atoms with Gasteiger partial charge in [0.1, 0.15) is 5.82 Å². The van der Waals surface area contributed by atoms with Crippen molar-refractivity contribution in [3.05, 3.63) is 18.6 Å². The lowest BCUT2D eigenvalue weighted by Gasteiger charge is -2.31. The average molecular weight is 232 g/mol. The lowest BCUT2D eigenvalue weighted by atomic mass is 10.0. The third kappa shape index (κ3) is 2.75. The van der Waals surface area contributed by atoms with Gasteiger partial charge in [-0.05, 0) is 32.2 Å². The second-order valence-electron chi connectivity index (χ2n) is 5.09. The monoisotopic (exact) mass is 232 g/mol. The standard InChI is InChI=1S/C13H20N4/c1-2-6-15-11(3-1)10-17(12-4-5-12)13-9-14-7-8-16-13/h7-9,11-12,15H,1-6,10H2. The maximum atomic E-state index is 4.44. The molecule has 1 saturated heterocycles. The van der Waals surface area contributed by atoms with Crippen LogP contribution in [0.3, 0.4) is 0 Å². The normalized spacial score (nSPS) is 24.6. The van der Waals surface area contributed by atoms with Crippen LogP contribution in [0.4, 0.5) is 5.82 Å². The molecule has 1 aromatic heterocycles. The molecule has 1 atom stereocenters. The third-order valence-corrected chi connectivity index (χ3v) is 3.66. The molecule has 2 heterocycles. The Morgan fingerprint density at radius 2 is 2.18 bits per heavy atom. The fourth-order valence-corrected chi connectivity index (χ4v) is 2.57. The highest BCUT2D eigenvalue weighted by Crippen LogP contribution is 2.30.